The predicted molar refractivity (Wildman–Crippen MR) is 73.2 cm³/mol. The Morgan fingerprint density at radius 1 is 1.33 bits per heavy atom. The quantitative estimate of drug-likeness (QED) is 0.792. The lowest BCUT2D eigenvalue weighted by Crippen LogP contribution is -2.42. The fourth-order valence-electron chi connectivity index (χ4n) is 2.32. The van der Waals surface area contributed by atoms with E-state index in [0.717, 1.165) is 0 Å². The van der Waals surface area contributed by atoms with Crippen molar-refractivity contribution in [1.29, 1.82) is 0 Å². The van der Waals surface area contributed by atoms with E-state index in [4.69, 9.17) is 9.47 Å². The van der Waals surface area contributed by atoms with E-state index < -0.39 is 5.82 Å². The largest absolute Gasteiger partial charge is 0.484 e. The van der Waals surface area contributed by atoms with Crippen molar-refractivity contribution in [3.05, 3.63) is 30.1 Å². The third kappa shape index (κ3) is 4.18. The van der Waals surface area contributed by atoms with Gasteiger partial charge in [0, 0.05) is 19.2 Å². The van der Waals surface area contributed by atoms with Crippen molar-refractivity contribution in [2.24, 2.45) is 5.92 Å². The molecule has 1 aromatic carbocycles. The molecule has 0 aromatic heterocycles. The molecule has 0 spiro atoms. The second-order valence-corrected chi connectivity index (χ2v) is 4.92. The van der Waals surface area contributed by atoms with Gasteiger partial charge in [0.1, 0.15) is 11.6 Å². The molecule has 2 rings (SSSR count). The number of amides is 1. The molecule has 1 aliphatic rings. The fraction of sp³-hybridized carbons (Fsp3) is 0.467. The van der Waals surface area contributed by atoms with Crippen LogP contribution in [0, 0.1) is 11.7 Å². The minimum atomic E-state index is -0.404. The van der Waals surface area contributed by atoms with Crippen LogP contribution in [0.2, 0.25) is 0 Å². The Bertz CT molecular complexity index is 512. The molecular weight excluding hydrogens is 277 g/mol. The van der Waals surface area contributed by atoms with Crippen LogP contribution in [-0.2, 0) is 14.3 Å². The van der Waals surface area contributed by atoms with E-state index >= 15 is 0 Å². The molecule has 1 aliphatic heterocycles. The Labute approximate surface area is 122 Å². The van der Waals surface area contributed by atoms with Crippen molar-refractivity contribution in [2.45, 2.75) is 12.8 Å². The highest BCUT2D eigenvalue weighted by atomic mass is 19.1. The number of likely N-dealkylation sites (tertiary alicyclic amines) is 1. The standard InChI is InChI=1S/C15H18FNO4/c1-20-15(19)11-5-7-17(8-6-11)14(18)10-21-13-4-2-3-12(16)9-13/h2-4,9,11H,5-8,10H2,1H3. The van der Waals surface area contributed by atoms with Crippen LogP contribution >= 0.6 is 0 Å². The van der Waals surface area contributed by atoms with Gasteiger partial charge < -0.3 is 14.4 Å². The molecule has 1 amide bonds. The lowest BCUT2D eigenvalue weighted by Gasteiger charge is -2.30. The van der Waals surface area contributed by atoms with Gasteiger partial charge in [0.25, 0.3) is 5.91 Å². The third-order valence-electron chi connectivity index (χ3n) is 3.54. The number of benzene rings is 1. The van der Waals surface area contributed by atoms with E-state index in [1.807, 2.05) is 0 Å². The number of hydrogen-bond donors (Lipinski definition) is 0. The van der Waals surface area contributed by atoms with Gasteiger partial charge >= 0.3 is 5.97 Å². The van der Waals surface area contributed by atoms with Crippen molar-refractivity contribution in [3.63, 3.8) is 0 Å². The minimum Gasteiger partial charge on any atom is -0.484 e. The normalized spacial score (nSPS) is 15.6. The molecule has 21 heavy (non-hydrogen) atoms. The first-order chi connectivity index (χ1) is 10.1. The van der Waals surface area contributed by atoms with Crippen LogP contribution in [0.1, 0.15) is 12.8 Å². The molecular formula is C15H18FNO4. The molecule has 0 radical (unpaired) electrons. The summed E-state index contributed by atoms with van der Waals surface area (Å²) in [6.45, 7) is 0.878. The number of halogens is 1. The van der Waals surface area contributed by atoms with Crippen molar-refractivity contribution in [1.82, 2.24) is 4.90 Å². The van der Waals surface area contributed by atoms with Gasteiger partial charge in [-0.2, -0.15) is 0 Å². The summed E-state index contributed by atoms with van der Waals surface area (Å²) in [5.74, 6) is -0.601. The summed E-state index contributed by atoms with van der Waals surface area (Å²) in [7, 11) is 1.37. The van der Waals surface area contributed by atoms with Crippen LogP contribution in [0.5, 0.6) is 5.75 Å². The predicted octanol–water partition coefficient (Wildman–Crippen LogP) is 1.62. The van der Waals surface area contributed by atoms with Crippen LogP contribution in [0.25, 0.3) is 0 Å². The molecule has 0 aliphatic carbocycles. The molecule has 0 saturated carbocycles. The lowest BCUT2D eigenvalue weighted by atomic mass is 9.97. The highest BCUT2D eigenvalue weighted by molar-refractivity contribution is 5.78. The Morgan fingerprint density at radius 3 is 2.67 bits per heavy atom. The van der Waals surface area contributed by atoms with Crippen LogP contribution < -0.4 is 4.74 Å². The fourth-order valence-corrected chi connectivity index (χ4v) is 2.32. The van der Waals surface area contributed by atoms with Gasteiger partial charge in [0.05, 0.1) is 13.0 Å². The zero-order valence-corrected chi connectivity index (χ0v) is 11.9. The Hall–Kier alpha value is -2.11. The number of rotatable bonds is 4. The SMILES string of the molecule is COC(=O)C1CCN(C(=O)COc2cccc(F)c2)CC1. The smallest absolute Gasteiger partial charge is 0.308 e. The van der Waals surface area contributed by atoms with Crippen LogP contribution in [0.4, 0.5) is 4.39 Å². The topological polar surface area (TPSA) is 55.8 Å². The summed E-state index contributed by atoms with van der Waals surface area (Å²) in [6, 6.07) is 5.67. The number of carbonyl (C=O) groups excluding carboxylic acids is 2. The number of carbonyl (C=O) groups is 2. The van der Waals surface area contributed by atoms with E-state index in [9.17, 15) is 14.0 Å². The second-order valence-electron chi connectivity index (χ2n) is 4.92. The molecule has 6 heteroatoms. The van der Waals surface area contributed by atoms with Crippen LogP contribution in [-0.4, -0.2) is 43.6 Å². The highest BCUT2D eigenvalue weighted by Crippen LogP contribution is 2.19. The van der Waals surface area contributed by atoms with E-state index in [1.54, 1.807) is 11.0 Å². The maximum atomic E-state index is 13.0. The highest BCUT2D eigenvalue weighted by Gasteiger charge is 2.27. The molecule has 0 N–H and O–H groups in total. The average Bonchev–Trinajstić information content (AvgIpc) is 2.52. The molecule has 114 valence electrons. The van der Waals surface area contributed by atoms with Crippen LogP contribution in [0.3, 0.4) is 0 Å². The number of piperidine rings is 1. The summed E-state index contributed by atoms with van der Waals surface area (Å²) in [5, 5.41) is 0. The Kier molecular flexibility index (Phi) is 5.14. The second kappa shape index (κ2) is 7.06. The van der Waals surface area contributed by atoms with Gasteiger partial charge in [-0.25, -0.2) is 4.39 Å². The minimum absolute atomic E-state index is 0.133. The van der Waals surface area contributed by atoms with E-state index in [0.29, 0.717) is 31.7 Å². The van der Waals surface area contributed by atoms with E-state index in [2.05, 4.69) is 0 Å². The molecule has 1 aromatic rings. The maximum absolute atomic E-state index is 13.0. The summed E-state index contributed by atoms with van der Waals surface area (Å²) < 4.78 is 23.0. The molecule has 0 unspecified atom stereocenters. The van der Waals surface area contributed by atoms with Gasteiger partial charge in [-0.15, -0.1) is 0 Å². The Balaban J connectivity index is 1.78. The first kappa shape index (κ1) is 15.3. The maximum Gasteiger partial charge on any atom is 0.308 e. The van der Waals surface area contributed by atoms with Crippen LogP contribution in [0.15, 0.2) is 24.3 Å². The molecule has 1 heterocycles. The number of hydrogen-bond acceptors (Lipinski definition) is 4. The monoisotopic (exact) mass is 295 g/mol. The first-order valence-electron chi connectivity index (χ1n) is 6.84. The zero-order valence-electron chi connectivity index (χ0n) is 11.9. The summed E-state index contributed by atoms with van der Waals surface area (Å²) >= 11 is 0. The van der Waals surface area contributed by atoms with E-state index in [1.165, 1.54) is 25.3 Å². The lowest BCUT2D eigenvalue weighted by molar-refractivity contribution is -0.149. The number of ether oxygens (including phenoxy) is 2. The van der Waals surface area contributed by atoms with Crippen molar-refractivity contribution < 1.29 is 23.5 Å². The molecule has 0 atom stereocenters. The van der Waals surface area contributed by atoms with Crippen molar-refractivity contribution >= 4 is 11.9 Å². The number of nitrogens with zero attached hydrogens (tertiary/aromatic N) is 1. The molecule has 1 saturated heterocycles. The molecule has 0 bridgehead atoms. The molecule has 5 nitrogen and oxygen atoms in total. The first-order valence-corrected chi connectivity index (χ1v) is 6.84. The van der Waals surface area contributed by atoms with Gasteiger partial charge in [-0.05, 0) is 25.0 Å². The van der Waals surface area contributed by atoms with E-state index in [-0.39, 0.29) is 24.4 Å². The Morgan fingerprint density at radius 2 is 2.05 bits per heavy atom. The third-order valence-corrected chi connectivity index (χ3v) is 3.54. The van der Waals surface area contributed by atoms with Crippen molar-refractivity contribution in [3.8, 4) is 5.75 Å². The molecule has 1 fully saturated rings. The van der Waals surface area contributed by atoms with Gasteiger partial charge in [-0.3, -0.25) is 9.59 Å². The summed E-state index contributed by atoms with van der Waals surface area (Å²) in [6.07, 6.45) is 1.19. The summed E-state index contributed by atoms with van der Waals surface area (Å²) in [4.78, 5) is 25.0. The average molecular weight is 295 g/mol. The van der Waals surface area contributed by atoms with Gasteiger partial charge in [0.15, 0.2) is 6.61 Å². The number of methoxy groups -OCH3 is 1. The zero-order chi connectivity index (χ0) is 15.2. The van der Waals surface area contributed by atoms with Gasteiger partial charge in [-0.1, -0.05) is 6.07 Å². The number of esters is 1. The van der Waals surface area contributed by atoms with Crippen molar-refractivity contribution in [2.75, 3.05) is 26.8 Å². The summed E-state index contributed by atoms with van der Waals surface area (Å²) in [5.41, 5.74) is 0. The van der Waals surface area contributed by atoms with Gasteiger partial charge in [0.2, 0.25) is 0 Å².